The van der Waals surface area contributed by atoms with Crippen LogP contribution in [0.5, 0.6) is 0 Å². The summed E-state index contributed by atoms with van der Waals surface area (Å²) in [6.45, 7) is 1.04. The number of nitrogens with zero attached hydrogens (tertiary/aromatic N) is 4. The van der Waals surface area contributed by atoms with Gasteiger partial charge in [0.15, 0.2) is 0 Å². The Balaban J connectivity index is 1.25. The summed E-state index contributed by atoms with van der Waals surface area (Å²) in [5.41, 5.74) is 5.69. The van der Waals surface area contributed by atoms with Gasteiger partial charge in [-0.15, -0.1) is 0 Å². The molecule has 0 atom stereocenters. The minimum absolute atomic E-state index is 0.227. The van der Waals surface area contributed by atoms with Gasteiger partial charge in [0.25, 0.3) is 5.91 Å². The van der Waals surface area contributed by atoms with Crippen molar-refractivity contribution in [1.82, 2.24) is 9.78 Å². The van der Waals surface area contributed by atoms with Gasteiger partial charge in [-0.2, -0.15) is 10.4 Å². The van der Waals surface area contributed by atoms with Gasteiger partial charge in [0.05, 0.1) is 36.6 Å². The van der Waals surface area contributed by atoms with Crippen LogP contribution in [0.3, 0.4) is 0 Å². The van der Waals surface area contributed by atoms with Crippen LogP contribution in [-0.4, -0.2) is 27.4 Å². The van der Waals surface area contributed by atoms with E-state index >= 15 is 0 Å². The zero-order valence-corrected chi connectivity index (χ0v) is 18.4. The van der Waals surface area contributed by atoms with E-state index in [-0.39, 0.29) is 5.91 Å². The molecule has 1 saturated carbocycles. The maximum Gasteiger partial charge on any atom is 0.274 e. The SMILES string of the molecule is N#Cc1cccc(Cn2cc(NC(=O)C3=NCc4ccc(NC5CCCCC5)cc43)cn2)c1. The second-order valence-corrected chi connectivity index (χ2v) is 8.71. The third kappa shape index (κ3) is 4.80. The van der Waals surface area contributed by atoms with Crippen LogP contribution in [-0.2, 0) is 17.9 Å². The summed E-state index contributed by atoms with van der Waals surface area (Å²) in [6.07, 6.45) is 9.68. The quantitative estimate of drug-likeness (QED) is 0.593. The molecule has 1 fully saturated rings. The van der Waals surface area contributed by atoms with Crippen LogP contribution in [0.25, 0.3) is 0 Å². The molecule has 0 bridgehead atoms. The first-order valence-electron chi connectivity index (χ1n) is 11.4. The number of carbonyl (C=O) groups is 1. The Hall–Kier alpha value is -3.92. The topological polar surface area (TPSA) is 95.1 Å². The zero-order chi connectivity index (χ0) is 22.6. The molecule has 166 valence electrons. The van der Waals surface area contributed by atoms with Crippen LogP contribution in [0.4, 0.5) is 11.4 Å². The molecular formula is C26H26N6O. The largest absolute Gasteiger partial charge is 0.382 e. The number of hydrogen-bond donors (Lipinski definition) is 2. The van der Waals surface area contributed by atoms with Crippen molar-refractivity contribution >= 4 is 23.0 Å². The number of amides is 1. The number of benzene rings is 2. The number of nitrogens with one attached hydrogen (secondary N) is 2. The number of nitriles is 1. The molecule has 5 rings (SSSR count). The predicted molar refractivity (Wildman–Crippen MR) is 128 cm³/mol. The van der Waals surface area contributed by atoms with E-state index in [2.05, 4.69) is 45.0 Å². The van der Waals surface area contributed by atoms with E-state index in [1.54, 1.807) is 23.1 Å². The van der Waals surface area contributed by atoms with Crippen LogP contribution in [0.15, 0.2) is 59.9 Å². The van der Waals surface area contributed by atoms with Crippen LogP contribution in [0.1, 0.15) is 54.4 Å². The number of aliphatic imine (C=N–C) groups is 1. The Bertz CT molecular complexity index is 1250. The molecule has 2 aromatic carbocycles. The first-order chi connectivity index (χ1) is 16.2. The second-order valence-electron chi connectivity index (χ2n) is 8.71. The highest BCUT2D eigenvalue weighted by Gasteiger charge is 2.23. The van der Waals surface area contributed by atoms with E-state index in [4.69, 9.17) is 5.26 Å². The van der Waals surface area contributed by atoms with Crippen LogP contribution >= 0.6 is 0 Å². The average Bonchev–Trinajstić information content (AvgIpc) is 3.46. The van der Waals surface area contributed by atoms with Crippen molar-refractivity contribution in [3.8, 4) is 6.07 Å². The average molecular weight is 439 g/mol. The van der Waals surface area contributed by atoms with Gasteiger partial charge in [-0.05, 0) is 48.2 Å². The van der Waals surface area contributed by atoms with E-state index in [9.17, 15) is 4.79 Å². The molecule has 7 nitrogen and oxygen atoms in total. The van der Waals surface area contributed by atoms with E-state index in [1.165, 1.54) is 32.1 Å². The number of rotatable bonds is 6. The molecule has 1 aliphatic carbocycles. The third-order valence-corrected chi connectivity index (χ3v) is 6.26. The van der Waals surface area contributed by atoms with Gasteiger partial charge in [-0.3, -0.25) is 14.5 Å². The lowest BCUT2D eigenvalue weighted by molar-refractivity contribution is -0.110. The Morgan fingerprint density at radius 1 is 1.12 bits per heavy atom. The van der Waals surface area contributed by atoms with Crippen molar-refractivity contribution in [3.63, 3.8) is 0 Å². The van der Waals surface area contributed by atoms with Crippen molar-refractivity contribution < 1.29 is 4.79 Å². The summed E-state index contributed by atoms with van der Waals surface area (Å²) in [7, 11) is 0. The summed E-state index contributed by atoms with van der Waals surface area (Å²) in [6, 6.07) is 16.3. The Kier molecular flexibility index (Phi) is 5.90. The molecule has 1 amide bonds. The van der Waals surface area contributed by atoms with Gasteiger partial charge in [-0.25, -0.2) is 0 Å². The van der Waals surface area contributed by atoms with Crippen molar-refractivity contribution in [2.24, 2.45) is 4.99 Å². The van der Waals surface area contributed by atoms with Gasteiger partial charge in [0, 0.05) is 23.5 Å². The summed E-state index contributed by atoms with van der Waals surface area (Å²) in [5, 5.41) is 20.0. The summed E-state index contributed by atoms with van der Waals surface area (Å²) in [5.74, 6) is -0.227. The smallest absolute Gasteiger partial charge is 0.274 e. The van der Waals surface area contributed by atoms with Crippen molar-refractivity contribution in [1.29, 1.82) is 5.26 Å². The second kappa shape index (κ2) is 9.29. The van der Waals surface area contributed by atoms with Gasteiger partial charge in [-0.1, -0.05) is 37.5 Å². The molecule has 33 heavy (non-hydrogen) atoms. The zero-order valence-electron chi connectivity index (χ0n) is 18.4. The number of anilines is 2. The first kappa shape index (κ1) is 21.0. The van der Waals surface area contributed by atoms with E-state index in [0.717, 1.165) is 22.4 Å². The van der Waals surface area contributed by atoms with Gasteiger partial charge < -0.3 is 10.6 Å². The van der Waals surface area contributed by atoms with Crippen LogP contribution in [0, 0.1) is 11.3 Å². The lowest BCUT2D eigenvalue weighted by Gasteiger charge is -2.24. The lowest BCUT2D eigenvalue weighted by Crippen LogP contribution is -2.24. The van der Waals surface area contributed by atoms with Crippen molar-refractivity contribution in [2.45, 2.75) is 51.2 Å². The minimum Gasteiger partial charge on any atom is -0.382 e. The van der Waals surface area contributed by atoms with E-state index < -0.39 is 0 Å². The minimum atomic E-state index is -0.227. The number of fused-ring (bicyclic) bond motifs is 1. The maximum atomic E-state index is 13.0. The standard InChI is InChI=1S/C26H26N6O/c27-13-18-5-4-6-19(11-18)16-32-17-23(15-29-32)31-26(33)25-24-12-22(10-9-20(24)14-28-25)30-21-7-2-1-3-8-21/h4-6,9-12,15,17,21,30H,1-3,7-8,14,16H2,(H,31,33). The first-order valence-corrected chi connectivity index (χ1v) is 11.4. The highest BCUT2D eigenvalue weighted by Crippen LogP contribution is 2.26. The van der Waals surface area contributed by atoms with Crippen molar-refractivity contribution in [2.75, 3.05) is 10.6 Å². The van der Waals surface area contributed by atoms with Gasteiger partial charge >= 0.3 is 0 Å². The van der Waals surface area contributed by atoms with E-state index in [1.807, 2.05) is 18.2 Å². The van der Waals surface area contributed by atoms with Crippen LogP contribution < -0.4 is 10.6 Å². The summed E-state index contributed by atoms with van der Waals surface area (Å²) in [4.78, 5) is 17.5. The summed E-state index contributed by atoms with van der Waals surface area (Å²) < 4.78 is 1.74. The molecular weight excluding hydrogens is 412 g/mol. The molecule has 1 aliphatic heterocycles. The molecule has 0 unspecified atom stereocenters. The van der Waals surface area contributed by atoms with Crippen molar-refractivity contribution in [3.05, 3.63) is 77.1 Å². The lowest BCUT2D eigenvalue weighted by atomic mass is 9.95. The number of aromatic nitrogens is 2. The summed E-state index contributed by atoms with van der Waals surface area (Å²) >= 11 is 0. The van der Waals surface area contributed by atoms with Gasteiger partial charge in [0.1, 0.15) is 5.71 Å². The molecule has 3 aromatic rings. The fourth-order valence-corrected chi connectivity index (χ4v) is 4.58. The molecule has 7 heteroatoms. The fourth-order valence-electron chi connectivity index (χ4n) is 4.58. The molecule has 0 spiro atoms. The van der Waals surface area contributed by atoms with Gasteiger partial charge in [0.2, 0.25) is 0 Å². The molecule has 0 radical (unpaired) electrons. The Labute approximate surface area is 193 Å². The number of carbonyl (C=O) groups excluding carboxylic acids is 1. The molecule has 1 aromatic heterocycles. The molecule has 2 aliphatic rings. The maximum absolute atomic E-state index is 13.0. The Morgan fingerprint density at radius 3 is 2.85 bits per heavy atom. The fraction of sp³-hybridized carbons (Fsp3) is 0.308. The highest BCUT2D eigenvalue weighted by molar-refractivity contribution is 6.49. The highest BCUT2D eigenvalue weighted by atomic mass is 16.1. The normalized spacial score (nSPS) is 15.4. The number of hydrogen-bond acceptors (Lipinski definition) is 5. The van der Waals surface area contributed by atoms with E-state index in [0.29, 0.717) is 36.1 Å². The monoisotopic (exact) mass is 438 g/mol. The molecule has 2 heterocycles. The predicted octanol–water partition coefficient (Wildman–Crippen LogP) is 4.49. The Morgan fingerprint density at radius 2 is 2.00 bits per heavy atom. The van der Waals surface area contributed by atoms with Crippen LogP contribution in [0.2, 0.25) is 0 Å². The third-order valence-electron chi connectivity index (χ3n) is 6.26. The molecule has 0 saturated heterocycles. The molecule has 2 N–H and O–H groups in total.